The fraction of sp³-hybridized carbons (Fsp3) is 0.333. The lowest BCUT2D eigenvalue weighted by atomic mass is 10.2. The molecule has 1 fully saturated rings. The van der Waals surface area contributed by atoms with Crippen molar-refractivity contribution in [1.82, 2.24) is 10.2 Å². The maximum atomic E-state index is 12.5. The molecule has 7 heteroatoms. The lowest BCUT2D eigenvalue weighted by molar-refractivity contribution is -0.131. The number of piperazine rings is 1. The Hall–Kier alpha value is -2.73. The van der Waals surface area contributed by atoms with Crippen molar-refractivity contribution in [1.29, 1.82) is 0 Å². The van der Waals surface area contributed by atoms with Gasteiger partial charge in [-0.2, -0.15) is 0 Å². The van der Waals surface area contributed by atoms with Gasteiger partial charge in [0.1, 0.15) is 5.75 Å². The molecule has 0 radical (unpaired) electrons. The first-order valence-corrected chi connectivity index (χ1v) is 9.66. The molecule has 6 nitrogen and oxygen atoms in total. The van der Waals surface area contributed by atoms with Crippen LogP contribution in [0.4, 0.5) is 5.69 Å². The number of amides is 2. The predicted octanol–water partition coefficient (Wildman–Crippen LogP) is 2.82. The Labute approximate surface area is 170 Å². The van der Waals surface area contributed by atoms with E-state index < -0.39 is 0 Å². The number of ether oxygens (including phenoxy) is 1. The van der Waals surface area contributed by atoms with Gasteiger partial charge in [-0.1, -0.05) is 35.9 Å². The van der Waals surface area contributed by atoms with Crippen molar-refractivity contribution in [3.05, 3.63) is 59.1 Å². The number of benzene rings is 2. The summed E-state index contributed by atoms with van der Waals surface area (Å²) in [6.45, 7) is 3.08. The second-order valence-electron chi connectivity index (χ2n) is 6.53. The first kappa shape index (κ1) is 20.0. The Bertz CT molecular complexity index is 835. The summed E-state index contributed by atoms with van der Waals surface area (Å²) in [4.78, 5) is 28.7. The zero-order valence-corrected chi connectivity index (χ0v) is 16.6. The van der Waals surface area contributed by atoms with Crippen LogP contribution in [0.3, 0.4) is 0 Å². The van der Waals surface area contributed by atoms with Crippen LogP contribution in [0.15, 0.2) is 48.5 Å². The normalized spacial score (nSPS) is 13.9. The second kappa shape index (κ2) is 9.46. The molecule has 28 heavy (non-hydrogen) atoms. The highest BCUT2D eigenvalue weighted by molar-refractivity contribution is 6.33. The molecule has 2 aromatic rings. The van der Waals surface area contributed by atoms with Gasteiger partial charge in [0.05, 0.1) is 23.4 Å². The monoisotopic (exact) mass is 401 g/mol. The van der Waals surface area contributed by atoms with Gasteiger partial charge in [0, 0.05) is 39.1 Å². The van der Waals surface area contributed by atoms with E-state index in [4.69, 9.17) is 16.3 Å². The number of carbonyl (C=O) groups is 2. The molecule has 0 saturated carbocycles. The fourth-order valence-electron chi connectivity index (χ4n) is 3.27. The summed E-state index contributed by atoms with van der Waals surface area (Å²) < 4.78 is 5.42. The number of nitrogens with zero attached hydrogens (tertiary/aromatic N) is 2. The molecule has 0 atom stereocenters. The molecule has 0 aromatic heterocycles. The molecule has 2 aromatic carbocycles. The van der Waals surface area contributed by atoms with Crippen molar-refractivity contribution in [2.45, 2.75) is 6.42 Å². The van der Waals surface area contributed by atoms with Gasteiger partial charge in [0.2, 0.25) is 5.91 Å². The van der Waals surface area contributed by atoms with Crippen molar-refractivity contribution >= 4 is 29.1 Å². The standard InChI is InChI=1S/C21H24ClN3O3/c1-28-19-9-5-4-8-18(19)24-12-14-25(15-13-24)20(26)10-11-23-21(27)16-6-2-3-7-17(16)22/h2-9H,10-15H2,1H3,(H,23,27). The molecular formula is C21H24ClN3O3. The summed E-state index contributed by atoms with van der Waals surface area (Å²) in [7, 11) is 1.66. The van der Waals surface area contributed by atoms with E-state index in [1.165, 1.54) is 0 Å². The number of methoxy groups -OCH3 is 1. The summed E-state index contributed by atoms with van der Waals surface area (Å²) in [5, 5.41) is 3.16. The minimum absolute atomic E-state index is 0.0409. The van der Waals surface area contributed by atoms with Crippen LogP contribution >= 0.6 is 11.6 Å². The van der Waals surface area contributed by atoms with Crippen molar-refractivity contribution < 1.29 is 14.3 Å². The van der Waals surface area contributed by atoms with E-state index in [2.05, 4.69) is 10.2 Å². The number of para-hydroxylation sites is 2. The fourth-order valence-corrected chi connectivity index (χ4v) is 3.49. The van der Waals surface area contributed by atoms with Crippen LogP contribution in [-0.4, -0.2) is 56.5 Å². The van der Waals surface area contributed by atoms with Gasteiger partial charge in [0.25, 0.3) is 5.91 Å². The van der Waals surface area contributed by atoms with Crippen molar-refractivity contribution in [3.63, 3.8) is 0 Å². The van der Waals surface area contributed by atoms with E-state index in [1.54, 1.807) is 31.4 Å². The van der Waals surface area contributed by atoms with Crippen molar-refractivity contribution in [2.75, 3.05) is 44.7 Å². The lowest BCUT2D eigenvalue weighted by Crippen LogP contribution is -2.49. The highest BCUT2D eigenvalue weighted by atomic mass is 35.5. The molecular weight excluding hydrogens is 378 g/mol. The minimum atomic E-state index is -0.264. The summed E-state index contributed by atoms with van der Waals surface area (Å²) in [6, 6.07) is 14.8. The van der Waals surface area contributed by atoms with Gasteiger partial charge in [0.15, 0.2) is 0 Å². The minimum Gasteiger partial charge on any atom is -0.495 e. The van der Waals surface area contributed by atoms with Gasteiger partial charge in [-0.05, 0) is 24.3 Å². The Kier molecular flexibility index (Phi) is 6.76. The van der Waals surface area contributed by atoms with Crippen LogP contribution in [0, 0.1) is 0 Å². The number of nitrogens with one attached hydrogen (secondary N) is 1. The quantitative estimate of drug-likeness (QED) is 0.808. The topological polar surface area (TPSA) is 61.9 Å². The third-order valence-corrected chi connectivity index (χ3v) is 5.13. The van der Waals surface area contributed by atoms with Crippen LogP contribution in [-0.2, 0) is 4.79 Å². The maximum absolute atomic E-state index is 12.5. The van der Waals surface area contributed by atoms with Gasteiger partial charge in [-0.3, -0.25) is 9.59 Å². The van der Waals surface area contributed by atoms with E-state index in [-0.39, 0.29) is 24.8 Å². The summed E-state index contributed by atoms with van der Waals surface area (Å²) in [6.07, 6.45) is 0.269. The van der Waals surface area contributed by atoms with E-state index >= 15 is 0 Å². The van der Waals surface area contributed by atoms with Gasteiger partial charge in [-0.25, -0.2) is 0 Å². The zero-order valence-electron chi connectivity index (χ0n) is 15.9. The van der Waals surface area contributed by atoms with Crippen LogP contribution in [0.1, 0.15) is 16.8 Å². The Morgan fingerprint density at radius 2 is 1.71 bits per heavy atom. The van der Waals surface area contributed by atoms with E-state index in [0.717, 1.165) is 24.5 Å². The molecule has 1 N–H and O–H groups in total. The number of halogens is 1. The molecule has 1 aliphatic rings. The third-order valence-electron chi connectivity index (χ3n) is 4.80. The summed E-state index contributed by atoms with van der Waals surface area (Å²) in [5.74, 6) is 0.614. The Morgan fingerprint density at radius 1 is 1.04 bits per heavy atom. The Morgan fingerprint density at radius 3 is 2.43 bits per heavy atom. The number of hydrogen-bond donors (Lipinski definition) is 1. The van der Waals surface area contributed by atoms with Crippen LogP contribution in [0.25, 0.3) is 0 Å². The largest absolute Gasteiger partial charge is 0.495 e. The number of rotatable bonds is 6. The molecule has 1 heterocycles. The van der Waals surface area contributed by atoms with Crippen LogP contribution in [0.2, 0.25) is 5.02 Å². The second-order valence-corrected chi connectivity index (χ2v) is 6.93. The average molecular weight is 402 g/mol. The van der Waals surface area contributed by atoms with Crippen LogP contribution < -0.4 is 15.0 Å². The first-order valence-electron chi connectivity index (χ1n) is 9.28. The van der Waals surface area contributed by atoms with E-state index in [0.29, 0.717) is 23.7 Å². The molecule has 3 rings (SSSR count). The van der Waals surface area contributed by atoms with E-state index in [1.807, 2.05) is 29.2 Å². The van der Waals surface area contributed by atoms with Crippen LogP contribution in [0.5, 0.6) is 5.75 Å². The SMILES string of the molecule is COc1ccccc1N1CCN(C(=O)CCNC(=O)c2ccccc2Cl)CC1. The number of anilines is 1. The van der Waals surface area contributed by atoms with Gasteiger partial charge < -0.3 is 19.9 Å². The summed E-state index contributed by atoms with van der Waals surface area (Å²) >= 11 is 6.02. The molecule has 1 aliphatic heterocycles. The smallest absolute Gasteiger partial charge is 0.252 e. The first-order chi connectivity index (χ1) is 13.6. The Balaban J connectivity index is 1.45. The third kappa shape index (κ3) is 4.75. The predicted molar refractivity (Wildman–Crippen MR) is 110 cm³/mol. The number of carbonyl (C=O) groups excluding carboxylic acids is 2. The van der Waals surface area contributed by atoms with Gasteiger partial charge >= 0.3 is 0 Å². The van der Waals surface area contributed by atoms with Crippen molar-refractivity contribution in [2.24, 2.45) is 0 Å². The molecule has 148 valence electrons. The zero-order chi connectivity index (χ0) is 19.9. The molecule has 2 amide bonds. The molecule has 0 unspecified atom stereocenters. The molecule has 0 bridgehead atoms. The highest BCUT2D eigenvalue weighted by Gasteiger charge is 2.22. The maximum Gasteiger partial charge on any atom is 0.252 e. The highest BCUT2D eigenvalue weighted by Crippen LogP contribution is 2.28. The molecule has 1 saturated heterocycles. The van der Waals surface area contributed by atoms with Gasteiger partial charge in [-0.15, -0.1) is 0 Å². The molecule has 0 aliphatic carbocycles. The lowest BCUT2D eigenvalue weighted by Gasteiger charge is -2.36. The average Bonchev–Trinajstić information content (AvgIpc) is 2.74. The molecule has 0 spiro atoms. The van der Waals surface area contributed by atoms with Crippen molar-refractivity contribution in [3.8, 4) is 5.75 Å². The van der Waals surface area contributed by atoms with E-state index in [9.17, 15) is 9.59 Å². The summed E-state index contributed by atoms with van der Waals surface area (Å²) in [5.41, 5.74) is 1.46. The number of hydrogen-bond acceptors (Lipinski definition) is 4.